The Bertz CT molecular complexity index is 555. The van der Waals surface area contributed by atoms with Gasteiger partial charge in [-0.1, -0.05) is 0 Å². The summed E-state index contributed by atoms with van der Waals surface area (Å²) < 4.78 is 7.36. The van der Waals surface area contributed by atoms with E-state index in [2.05, 4.69) is 30.5 Å². The number of rotatable bonds is 4. The monoisotopic (exact) mass is 356 g/mol. The zero-order valence-corrected chi connectivity index (χ0v) is 15.3. The van der Waals surface area contributed by atoms with Crippen molar-refractivity contribution in [2.45, 2.75) is 64.1 Å². The van der Waals surface area contributed by atoms with Gasteiger partial charge in [0.05, 0.1) is 11.7 Å². The van der Waals surface area contributed by atoms with E-state index in [9.17, 15) is 4.79 Å². The number of nitrogens with zero attached hydrogens (tertiary/aromatic N) is 2. The molecular formula is C17H29ClN4O2. The first-order chi connectivity index (χ1) is 11.0. The first kappa shape index (κ1) is 19.2. The van der Waals surface area contributed by atoms with Crippen LogP contribution in [0.5, 0.6) is 0 Å². The van der Waals surface area contributed by atoms with Crippen LogP contribution in [0.4, 0.5) is 0 Å². The largest absolute Gasteiger partial charge is 0.381 e. The zero-order chi connectivity index (χ0) is 16.4. The number of aromatic nitrogens is 2. The lowest BCUT2D eigenvalue weighted by atomic mass is 9.90. The number of fused-ring (bicyclic) bond motifs is 1. The molecule has 1 saturated heterocycles. The second-order valence-corrected chi connectivity index (χ2v) is 7.10. The Balaban J connectivity index is 0.00000208. The maximum Gasteiger partial charge on any atom is 0.237 e. The molecule has 0 radical (unpaired) electrons. The highest BCUT2D eigenvalue weighted by Crippen LogP contribution is 2.23. The van der Waals surface area contributed by atoms with Crippen LogP contribution < -0.4 is 11.1 Å². The summed E-state index contributed by atoms with van der Waals surface area (Å²) in [6.45, 7) is 5.69. The molecule has 2 aliphatic rings. The number of ether oxygens (including phenoxy) is 1. The standard InChI is InChI=1S/C17H28N4O2.ClH/c1-11(2)21-10-13-3-4-14(9-15(13)20-21)19-17(22)16(18)12-5-7-23-8-6-12;/h10-12,14,16H,3-9,18H2,1-2H3,(H,19,22);1H. The summed E-state index contributed by atoms with van der Waals surface area (Å²) in [6, 6.07) is 0.0977. The Hall–Kier alpha value is -1.11. The van der Waals surface area contributed by atoms with Gasteiger partial charge in [-0.05, 0) is 51.0 Å². The van der Waals surface area contributed by atoms with Crippen molar-refractivity contribution in [1.29, 1.82) is 0 Å². The van der Waals surface area contributed by atoms with Crippen LogP contribution in [0.15, 0.2) is 6.20 Å². The van der Waals surface area contributed by atoms with E-state index in [1.807, 2.05) is 4.68 Å². The molecule has 6 nitrogen and oxygen atoms in total. The molecule has 1 aliphatic heterocycles. The van der Waals surface area contributed by atoms with Crippen LogP contribution in [-0.2, 0) is 22.4 Å². The lowest BCUT2D eigenvalue weighted by Gasteiger charge is -2.29. The van der Waals surface area contributed by atoms with Gasteiger partial charge in [-0.15, -0.1) is 12.4 Å². The molecule has 2 atom stereocenters. The van der Waals surface area contributed by atoms with Crippen molar-refractivity contribution in [1.82, 2.24) is 15.1 Å². The van der Waals surface area contributed by atoms with Crippen molar-refractivity contribution in [3.05, 3.63) is 17.5 Å². The molecule has 3 rings (SSSR count). The van der Waals surface area contributed by atoms with Crippen molar-refractivity contribution in [3.8, 4) is 0 Å². The van der Waals surface area contributed by atoms with E-state index in [0.717, 1.165) is 37.8 Å². The molecule has 1 aromatic heterocycles. The van der Waals surface area contributed by atoms with Crippen LogP contribution in [0, 0.1) is 5.92 Å². The van der Waals surface area contributed by atoms with Gasteiger partial charge < -0.3 is 15.8 Å². The normalized spacial score (nSPS) is 22.6. The van der Waals surface area contributed by atoms with Crippen molar-refractivity contribution in [3.63, 3.8) is 0 Å². The second kappa shape index (κ2) is 8.32. The van der Waals surface area contributed by atoms with Crippen molar-refractivity contribution >= 4 is 18.3 Å². The number of carbonyl (C=O) groups excluding carboxylic acids is 1. The maximum atomic E-state index is 12.4. The van der Waals surface area contributed by atoms with Crippen molar-refractivity contribution in [2.24, 2.45) is 11.7 Å². The average Bonchev–Trinajstić information content (AvgIpc) is 2.98. The van der Waals surface area contributed by atoms with Crippen molar-refractivity contribution < 1.29 is 9.53 Å². The first-order valence-electron chi connectivity index (χ1n) is 8.75. The molecule has 1 amide bonds. The van der Waals surface area contributed by atoms with Crippen LogP contribution >= 0.6 is 12.4 Å². The van der Waals surface area contributed by atoms with E-state index in [4.69, 9.17) is 10.5 Å². The van der Waals surface area contributed by atoms with Crippen LogP contribution in [0.3, 0.4) is 0 Å². The molecule has 0 bridgehead atoms. The Kier molecular flexibility index (Phi) is 6.66. The number of nitrogens with two attached hydrogens (primary N) is 1. The molecule has 1 aliphatic carbocycles. The Labute approximate surface area is 149 Å². The molecule has 2 heterocycles. The minimum atomic E-state index is -0.423. The summed E-state index contributed by atoms with van der Waals surface area (Å²) >= 11 is 0. The third-order valence-corrected chi connectivity index (χ3v) is 5.05. The fraction of sp³-hybridized carbons (Fsp3) is 0.765. The third kappa shape index (κ3) is 4.29. The smallest absolute Gasteiger partial charge is 0.237 e. The molecule has 1 aromatic rings. The van der Waals surface area contributed by atoms with Gasteiger partial charge in [0, 0.05) is 37.9 Å². The quantitative estimate of drug-likeness (QED) is 0.858. The maximum absolute atomic E-state index is 12.4. The Morgan fingerprint density at radius 2 is 2.08 bits per heavy atom. The first-order valence-corrected chi connectivity index (χ1v) is 8.75. The van der Waals surface area contributed by atoms with Gasteiger partial charge in [0.1, 0.15) is 0 Å². The van der Waals surface area contributed by atoms with E-state index in [-0.39, 0.29) is 30.3 Å². The lowest BCUT2D eigenvalue weighted by Crippen LogP contribution is -2.51. The lowest BCUT2D eigenvalue weighted by molar-refractivity contribution is -0.125. The number of hydrogen-bond donors (Lipinski definition) is 2. The number of amides is 1. The number of halogens is 1. The molecule has 24 heavy (non-hydrogen) atoms. The van der Waals surface area contributed by atoms with Gasteiger partial charge in [0.25, 0.3) is 0 Å². The second-order valence-electron chi connectivity index (χ2n) is 7.10. The fourth-order valence-electron chi connectivity index (χ4n) is 3.49. The number of aryl methyl sites for hydroxylation is 1. The van der Waals surface area contributed by atoms with E-state index < -0.39 is 6.04 Å². The van der Waals surface area contributed by atoms with Gasteiger partial charge in [-0.2, -0.15) is 5.10 Å². The van der Waals surface area contributed by atoms with Crippen LogP contribution in [0.25, 0.3) is 0 Å². The number of hydrogen-bond acceptors (Lipinski definition) is 4. The molecule has 7 heteroatoms. The van der Waals surface area contributed by atoms with Crippen molar-refractivity contribution in [2.75, 3.05) is 13.2 Å². The highest BCUT2D eigenvalue weighted by molar-refractivity contribution is 5.85. The van der Waals surface area contributed by atoms with Gasteiger partial charge in [-0.25, -0.2) is 0 Å². The topological polar surface area (TPSA) is 82.2 Å². The summed E-state index contributed by atoms with van der Waals surface area (Å²) in [6.07, 6.45) is 6.64. The highest BCUT2D eigenvalue weighted by atomic mass is 35.5. The van der Waals surface area contributed by atoms with E-state index in [1.165, 1.54) is 5.56 Å². The molecule has 0 spiro atoms. The summed E-state index contributed by atoms with van der Waals surface area (Å²) in [5, 5.41) is 7.80. The third-order valence-electron chi connectivity index (χ3n) is 5.05. The summed E-state index contributed by atoms with van der Waals surface area (Å²) in [4.78, 5) is 12.4. The fourth-order valence-corrected chi connectivity index (χ4v) is 3.49. The molecule has 136 valence electrons. The number of nitrogens with one attached hydrogen (secondary N) is 1. The summed E-state index contributed by atoms with van der Waals surface area (Å²) in [7, 11) is 0. The predicted octanol–water partition coefficient (Wildman–Crippen LogP) is 1.61. The summed E-state index contributed by atoms with van der Waals surface area (Å²) in [5.74, 6) is 0.219. The molecule has 0 aromatic carbocycles. The Morgan fingerprint density at radius 3 is 2.75 bits per heavy atom. The van der Waals surface area contributed by atoms with Gasteiger partial charge in [0.2, 0.25) is 5.91 Å². The van der Waals surface area contributed by atoms with Crippen LogP contribution in [0.2, 0.25) is 0 Å². The Morgan fingerprint density at radius 1 is 1.38 bits per heavy atom. The van der Waals surface area contributed by atoms with E-state index in [1.54, 1.807) is 0 Å². The summed E-state index contributed by atoms with van der Waals surface area (Å²) in [5.41, 5.74) is 8.60. The van der Waals surface area contributed by atoms with E-state index in [0.29, 0.717) is 19.3 Å². The van der Waals surface area contributed by atoms with Gasteiger partial charge in [0.15, 0.2) is 0 Å². The molecule has 2 unspecified atom stereocenters. The molecule has 1 fully saturated rings. The zero-order valence-electron chi connectivity index (χ0n) is 14.5. The van der Waals surface area contributed by atoms with Crippen LogP contribution in [-0.4, -0.2) is 41.0 Å². The van der Waals surface area contributed by atoms with Crippen LogP contribution in [0.1, 0.15) is 50.4 Å². The molecular weight excluding hydrogens is 328 g/mol. The number of carbonyl (C=O) groups is 1. The SMILES string of the molecule is CC(C)n1cc2c(n1)CC(NC(=O)C(N)C1CCOCC1)CC2.Cl. The minimum Gasteiger partial charge on any atom is -0.381 e. The van der Waals surface area contributed by atoms with Gasteiger partial charge >= 0.3 is 0 Å². The minimum absolute atomic E-state index is 0. The van der Waals surface area contributed by atoms with Gasteiger partial charge in [-0.3, -0.25) is 9.48 Å². The molecule has 0 saturated carbocycles. The highest BCUT2D eigenvalue weighted by Gasteiger charge is 2.29. The predicted molar refractivity (Wildman–Crippen MR) is 95.3 cm³/mol. The molecule has 3 N–H and O–H groups in total. The average molecular weight is 357 g/mol. The van der Waals surface area contributed by atoms with E-state index >= 15 is 0 Å².